The van der Waals surface area contributed by atoms with Crippen LogP contribution in [0.25, 0.3) is 11.0 Å². The van der Waals surface area contributed by atoms with Gasteiger partial charge in [0.15, 0.2) is 11.2 Å². The minimum atomic E-state index is -0.755. The van der Waals surface area contributed by atoms with E-state index in [4.69, 9.17) is 4.74 Å². The van der Waals surface area contributed by atoms with Crippen LogP contribution in [0.2, 0.25) is 0 Å². The SMILES string of the molecule is Cc1nn(C2(C(=O)OCc3ccccc3)CC2C)c2nccc(Br)c12. The minimum absolute atomic E-state index is 0.166. The molecule has 1 fully saturated rings. The number of benzene rings is 1. The lowest BCUT2D eigenvalue weighted by Gasteiger charge is -2.17. The Hall–Kier alpha value is -2.21. The molecule has 0 N–H and O–H groups in total. The Morgan fingerprint density at radius 1 is 1.36 bits per heavy atom. The second-order valence-electron chi connectivity index (χ2n) is 6.58. The molecule has 1 aliphatic carbocycles. The van der Waals surface area contributed by atoms with Gasteiger partial charge < -0.3 is 4.74 Å². The van der Waals surface area contributed by atoms with Gasteiger partial charge in [-0.05, 0) is 46.8 Å². The summed E-state index contributed by atoms with van der Waals surface area (Å²) in [5.41, 5.74) is 1.79. The topological polar surface area (TPSA) is 57.0 Å². The average Bonchev–Trinajstić information content (AvgIpc) is 3.17. The van der Waals surface area contributed by atoms with Crippen LogP contribution in [0.15, 0.2) is 47.1 Å². The Bertz CT molecular complexity index is 954. The number of aromatic nitrogens is 3. The van der Waals surface area contributed by atoms with Crippen molar-refractivity contribution in [2.24, 2.45) is 5.92 Å². The zero-order valence-corrected chi connectivity index (χ0v) is 15.7. The highest BCUT2D eigenvalue weighted by atomic mass is 79.9. The molecule has 2 aromatic heterocycles. The maximum absolute atomic E-state index is 12.9. The first-order chi connectivity index (χ1) is 12.0. The number of hydrogen-bond donors (Lipinski definition) is 0. The second kappa shape index (κ2) is 5.95. The Labute approximate surface area is 154 Å². The lowest BCUT2D eigenvalue weighted by Crippen LogP contribution is -2.33. The number of nitrogens with zero attached hydrogens (tertiary/aromatic N) is 3. The van der Waals surface area contributed by atoms with E-state index in [9.17, 15) is 4.79 Å². The lowest BCUT2D eigenvalue weighted by atomic mass is 10.2. The fourth-order valence-corrected chi connectivity index (χ4v) is 3.95. The molecule has 5 nitrogen and oxygen atoms in total. The van der Waals surface area contributed by atoms with Crippen LogP contribution in [0.4, 0.5) is 0 Å². The first kappa shape index (κ1) is 16.3. The van der Waals surface area contributed by atoms with E-state index < -0.39 is 5.54 Å². The molecular formula is C19H18BrN3O2. The molecule has 0 aliphatic heterocycles. The number of ether oxygens (including phenoxy) is 1. The standard InChI is InChI=1S/C19H18BrN3O2/c1-12-10-19(12,18(24)25-11-14-6-4-3-5-7-14)23-17-16(13(2)22-23)15(20)8-9-21-17/h3-9,12H,10-11H2,1-2H3. The van der Waals surface area contributed by atoms with E-state index in [0.717, 1.165) is 21.1 Å². The molecule has 0 radical (unpaired) electrons. The number of carbonyl (C=O) groups is 1. The number of pyridine rings is 1. The largest absolute Gasteiger partial charge is 0.459 e. The smallest absolute Gasteiger partial charge is 0.334 e. The van der Waals surface area contributed by atoms with E-state index in [0.29, 0.717) is 12.1 Å². The molecule has 6 heteroatoms. The van der Waals surface area contributed by atoms with Gasteiger partial charge in [-0.25, -0.2) is 14.5 Å². The van der Waals surface area contributed by atoms with Crippen LogP contribution in [-0.4, -0.2) is 20.7 Å². The molecule has 2 unspecified atom stereocenters. The van der Waals surface area contributed by atoms with E-state index in [1.807, 2.05) is 50.2 Å². The van der Waals surface area contributed by atoms with Crippen molar-refractivity contribution in [3.63, 3.8) is 0 Å². The van der Waals surface area contributed by atoms with E-state index in [-0.39, 0.29) is 18.5 Å². The predicted octanol–water partition coefficient (Wildman–Crippen LogP) is 3.98. The van der Waals surface area contributed by atoms with Gasteiger partial charge in [-0.1, -0.05) is 37.3 Å². The summed E-state index contributed by atoms with van der Waals surface area (Å²) in [4.78, 5) is 17.4. The summed E-state index contributed by atoms with van der Waals surface area (Å²) in [6, 6.07) is 11.6. The van der Waals surface area contributed by atoms with Crippen molar-refractivity contribution in [3.05, 3.63) is 58.3 Å². The molecule has 1 saturated carbocycles. The number of hydrogen-bond acceptors (Lipinski definition) is 4. The van der Waals surface area contributed by atoms with Crippen molar-refractivity contribution in [1.82, 2.24) is 14.8 Å². The summed E-state index contributed by atoms with van der Waals surface area (Å²) in [5.74, 6) is -0.0749. The van der Waals surface area contributed by atoms with Crippen LogP contribution in [0.5, 0.6) is 0 Å². The number of carbonyl (C=O) groups excluding carboxylic acids is 1. The van der Waals surface area contributed by atoms with E-state index in [1.54, 1.807) is 10.9 Å². The normalized spacial score (nSPS) is 22.1. The molecule has 2 heterocycles. The molecule has 2 atom stereocenters. The number of aryl methyl sites for hydroxylation is 1. The zero-order valence-electron chi connectivity index (χ0n) is 14.1. The Morgan fingerprint density at radius 3 is 2.76 bits per heavy atom. The quantitative estimate of drug-likeness (QED) is 0.622. The average molecular weight is 400 g/mol. The maximum atomic E-state index is 12.9. The van der Waals surface area contributed by atoms with Crippen molar-refractivity contribution in [2.45, 2.75) is 32.4 Å². The van der Waals surface area contributed by atoms with Gasteiger partial charge in [-0.15, -0.1) is 0 Å². The molecule has 0 amide bonds. The van der Waals surface area contributed by atoms with Crippen LogP contribution < -0.4 is 0 Å². The molecule has 0 saturated heterocycles. The molecule has 4 rings (SSSR count). The third-order valence-electron chi connectivity index (χ3n) is 4.91. The van der Waals surface area contributed by atoms with Crippen LogP contribution >= 0.6 is 15.9 Å². The minimum Gasteiger partial charge on any atom is -0.459 e. The van der Waals surface area contributed by atoms with Crippen molar-refractivity contribution in [1.29, 1.82) is 0 Å². The molecule has 0 bridgehead atoms. The van der Waals surface area contributed by atoms with Crippen LogP contribution in [-0.2, 0) is 21.7 Å². The van der Waals surface area contributed by atoms with Crippen LogP contribution in [0.3, 0.4) is 0 Å². The van der Waals surface area contributed by atoms with Gasteiger partial charge >= 0.3 is 5.97 Å². The van der Waals surface area contributed by atoms with Gasteiger partial charge in [0.2, 0.25) is 0 Å². The van der Waals surface area contributed by atoms with Gasteiger partial charge in [0.05, 0.1) is 11.1 Å². The summed E-state index contributed by atoms with van der Waals surface area (Å²) in [6.45, 7) is 4.25. The first-order valence-electron chi connectivity index (χ1n) is 8.25. The van der Waals surface area contributed by atoms with Gasteiger partial charge in [-0.3, -0.25) is 0 Å². The number of rotatable bonds is 4. The molecule has 0 spiro atoms. The Kier molecular flexibility index (Phi) is 3.87. The highest BCUT2D eigenvalue weighted by Crippen LogP contribution is 2.52. The summed E-state index contributed by atoms with van der Waals surface area (Å²) in [7, 11) is 0. The highest BCUT2D eigenvalue weighted by Gasteiger charge is 2.62. The van der Waals surface area contributed by atoms with Gasteiger partial charge in [-0.2, -0.15) is 5.10 Å². The second-order valence-corrected chi connectivity index (χ2v) is 7.43. The Balaban J connectivity index is 1.68. The molecule has 1 aromatic carbocycles. The summed E-state index contributed by atoms with van der Waals surface area (Å²) >= 11 is 3.55. The zero-order chi connectivity index (χ0) is 17.6. The summed E-state index contributed by atoms with van der Waals surface area (Å²) < 4.78 is 8.33. The number of fused-ring (bicyclic) bond motifs is 1. The van der Waals surface area contributed by atoms with Gasteiger partial charge in [0.1, 0.15) is 6.61 Å². The van der Waals surface area contributed by atoms with Gasteiger partial charge in [0, 0.05) is 10.7 Å². The maximum Gasteiger partial charge on any atom is 0.334 e. The summed E-state index contributed by atoms with van der Waals surface area (Å²) in [5, 5.41) is 5.58. The Morgan fingerprint density at radius 2 is 2.08 bits per heavy atom. The van der Waals surface area contributed by atoms with Crippen molar-refractivity contribution < 1.29 is 9.53 Å². The lowest BCUT2D eigenvalue weighted by molar-refractivity contribution is -0.151. The van der Waals surface area contributed by atoms with Crippen molar-refractivity contribution in [3.8, 4) is 0 Å². The van der Waals surface area contributed by atoms with E-state index >= 15 is 0 Å². The predicted molar refractivity (Wildman–Crippen MR) is 98.0 cm³/mol. The number of esters is 1. The molecule has 25 heavy (non-hydrogen) atoms. The molecule has 1 aliphatic rings. The third kappa shape index (κ3) is 2.56. The van der Waals surface area contributed by atoms with E-state index in [1.165, 1.54) is 0 Å². The van der Waals surface area contributed by atoms with E-state index in [2.05, 4.69) is 26.0 Å². The van der Waals surface area contributed by atoms with Crippen molar-refractivity contribution >= 4 is 32.9 Å². The monoisotopic (exact) mass is 399 g/mol. The molecular weight excluding hydrogens is 382 g/mol. The third-order valence-corrected chi connectivity index (χ3v) is 5.57. The van der Waals surface area contributed by atoms with Crippen molar-refractivity contribution in [2.75, 3.05) is 0 Å². The summed E-state index contributed by atoms with van der Waals surface area (Å²) in [6.07, 6.45) is 2.44. The van der Waals surface area contributed by atoms with Gasteiger partial charge in [0.25, 0.3) is 0 Å². The molecule has 128 valence electrons. The fourth-order valence-electron chi connectivity index (χ4n) is 3.37. The molecule has 3 aromatic rings. The fraction of sp³-hybridized carbons (Fsp3) is 0.316. The first-order valence-corrected chi connectivity index (χ1v) is 9.05. The van der Waals surface area contributed by atoms with Crippen LogP contribution in [0, 0.1) is 12.8 Å². The van der Waals surface area contributed by atoms with Crippen LogP contribution in [0.1, 0.15) is 24.6 Å². The number of halogens is 1. The highest BCUT2D eigenvalue weighted by molar-refractivity contribution is 9.10.